The molecule has 1 fully saturated rings. The summed E-state index contributed by atoms with van der Waals surface area (Å²) in [6, 6.07) is 0. The van der Waals surface area contributed by atoms with E-state index in [4.69, 9.17) is 4.98 Å². The standard InChI is InChI=1S/C12H20N2S/c1-3-12-14-11(9(2)15-12)7-10-5-4-6-13-8-10/h10,13H,3-8H2,1-2H3. The van der Waals surface area contributed by atoms with Crippen molar-refractivity contribution >= 4 is 11.3 Å². The van der Waals surface area contributed by atoms with Crippen LogP contribution in [-0.4, -0.2) is 18.1 Å². The van der Waals surface area contributed by atoms with Gasteiger partial charge in [0, 0.05) is 4.88 Å². The van der Waals surface area contributed by atoms with Crippen molar-refractivity contribution in [3.63, 3.8) is 0 Å². The lowest BCUT2D eigenvalue weighted by Gasteiger charge is -2.22. The Balaban J connectivity index is 1.99. The van der Waals surface area contributed by atoms with Crippen LogP contribution >= 0.6 is 11.3 Å². The molecule has 1 aromatic heterocycles. The van der Waals surface area contributed by atoms with Crippen LogP contribution in [0.1, 0.15) is 35.3 Å². The van der Waals surface area contributed by atoms with E-state index >= 15 is 0 Å². The average Bonchev–Trinajstić information content (AvgIpc) is 2.61. The molecule has 0 radical (unpaired) electrons. The van der Waals surface area contributed by atoms with Crippen LogP contribution < -0.4 is 5.32 Å². The number of piperidine rings is 1. The van der Waals surface area contributed by atoms with E-state index in [0.29, 0.717) is 0 Å². The topological polar surface area (TPSA) is 24.9 Å². The molecular weight excluding hydrogens is 204 g/mol. The van der Waals surface area contributed by atoms with Crippen molar-refractivity contribution in [2.24, 2.45) is 5.92 Å². The second kappa shape index (κ2) is 5.08. The van der Waals surface area contributed by atoms with Gasteiger partial charge in [0.1, 0.15) is 0 Å². The molecule has 15 heavy (non-hydrogen) atoms. The highest BCUT2D eigenvalue weighted by molar-refractivity contribution is 7.11. The summed E-state index contributed by atoms with van der Waals surface area (Å²) in [7, 11) is 0. The number of rotatable bonds is 3. The third-order valence-corrected chi connectivity index (χ3v) is 4.28. The van der Waals surface area contributed by atoms with Crippen LogP contribution in [0.5, 0.6) is 0 Å². The van der Waals surface area contributed by atoms with Crippen LogP contribution in [0.2, 0.25) is 0 Å². The van der Waals surface area contributed by atoms with E-state index in [-0.39, 0.29) is 0 Å². The SMILES string of the molecule is CCc1nc(CC2CCCNC2)c(C)s1. The Kier molecular flexibility index (Phi) is 3.76. The minimum atomic E-state index is 0.809. The molecule has 0 amide bonds. The molecule has 0 spiro atoms. The van der Waals surface area contributed by atoms with Crippen molar-refractivity contribution in [1.29, 1.82) is 0 Å². The molecule has 1 aliphatic heterocycles. The summed E-state index contributed by atoms with van der Waals surface area (Å²) in [6.07, 6.45) is 4.95. The number of hydrogen-bond acceptors (Lipinski definition) is 3. The molecule has 0 bridgehead atoms. The van der Waals surface area contributed by atoms with Gasteiger partial charge in [0.05, 0.1) is 10.7 Å². The van der Waals surface area contributed by atoms with Crippen LogP contribution in [0.4, 0.5) is 0 Å². The maximum Gasteiger partial charge on any atom is 0.0928 e. The summed E-state index contributed by atoms with van der Waals surface area (Å²) < 4.78 is 0. The van der Waals surface area contributed by atoms with Crippen molar-refractivity contribution < 1.29 is 0 Å². The van der Waals surface area contributed by atoms with E-state index in [1.54, 1.807) is 0 Å². The third-order valence-electron chi connectivity index (χ3n) is 3.12. The molecule has 1 N–H and O–H groups in total. The number of nitrogens with one attached hydrogen (secondary N) is 1. The fourth-order valence-electron chi connectivity index (χ4n) is 2.20. The quantitative estimate of drug-likeness (QED) is 0.853. The molecule has 0 saturated carbocycles. The Labute approximate surface area is 96.1 Å². The molecule has 1 atom stereocenters. The molecular formula is C12H20N2S. The first-order chi connectivity index (χ1) is 7.29. The van der Waals surface area contributed by atoms with Gasteiger partial charge in [-0.3, -0.25) is 0 Å². The fourth-order valence-corrected chi connectivity index (χ4v) is 3.10. The van der Waals surface area contributed by atoms with Crippen LogP contribution in [0, 0.1) is 12.8 Å². The first-order valence-corrected chi connectivity index (χ1v) is 6.77. The zero-order valence-corrected chi connectivity index (χ0v) is 10.5. The number of nitrogens with zero attached hydrogens (tertiary/aromatic N) is 1. The lowest BCUT2D eigenvalue weighted by Crippen LogP contribution is -2.31. The van der Waals surface area contributed by atoms with Gasteiger partial charge in [-0.1, -0.05) is 6.92 Å². The number of thiazole rings is 1. The van der Waals surface area contributed by atoms with Crippen molar-refractivity contribution in [3.8, 4) is 0 Å². The van der Waals surface area contributed by atoms with E-state index < -0.39 is 0 Å². The van der Waals surface area contributed by atoms with Crippen molar-refractivity contribution in [2.75, 3.05) is 13.1 Å². The molecule has 0 aliphatic carbocycles. The number of aryl methyl sites for hydroxylation is 2. The van der Waals surface area contributed by atoms with Crippen molar-refractivity contribution in [2.45, 2.75) is 39.5 Å². The molecule has 1 aliphatic rings. The minimum Gasteiger partial charge on any atom is -0.316 e. The zero-order valence-electron chi connectivity index (χ0n) is 9.68. The predicted octanol–water partition coefficient (Wildman–Crippen LogP) is 2.56. The van der Waals surface area contributed by atoms with E-state index in [1.165, 1.54) is 47.9 Å². The largest absolute Gasteiger partial charge is 0.316 e. The molecule has 2 rings (SSSR count). The van der Waals surface area contributed by atoms with Gasteiger partial charge in [0.25, 0.3) is 0 Å². The third kappa shape index (κ3) is 2.79. The van der Waals surface area contributed by atoms with Crippen LogP contribution in [0.3, 0.4) is 0 Å². The summed E-state index contributed by atoms with van der Waals surface area (Å²) in [6.45, 7) is 6.78. The van der Waals surface area contributed by atoms with Gasteiger partial charge >= 0.3 is 0 Å². The molecule has 1 saturated heterocycles. The summed E-state index contributed by atoms with van der Waals surface area (Å²) >= 11 is 1.87. The first kappa shape index (κ1) is 11.1. The maximum absolute atomic E-state index is 4.71. The lowest BCUT2D eigenvalue weighted by molar-refractivity contribution is 0.373. The van der Waals surface area contributed by atoms with Gasteiger partial charge in [-0.25, -0.2) is 4.98 Å². The highest BCUT2D eigenvalue weighted by atomic mass is 32.1. The van der Waals surface area contributed by atoms with Gasteiger partial charge in [0.2, 0.25) is 0 Å². The molecule has 3 heteroatoms. The average molecular weight is 224 g/mol. The van der Waals surface area contributed by atoms with E-state index in [2.05, 4.69) is 19.2 Å². The van der Waals surface area contributed by atoms with Crippen LogP contribution in [-0.2, 0) is 12.8 Å². The normalized spacial score (nSPS) is 21.9. The fraction of sp³-hybridized carbons (Fsp3) is 0.750. The maximum atomic E-state index is 4.71. The molecule has 1 aromatic rings. The second-order valence-corrected chi connectivity index (χ2v) is 5.67. The number of aromatic nitrogens is 1. The van der Waals surface area contributed by atoms with Gasteiger partial charge in [-0.05, 0) is 51.6 Å². The van der Waals surface area contributed by atoms with Gasteiger partial charge in [0.15, 0.2) is 0 Å². The molecule has 2 nitrogen and oxygen atoms in total. The van der Waals surface area contributed by atoms with Gasteiger partial charge < -0.3 is 5.32 Å². The molecule has 1 unspecified atom stereocenters. The highest BCUT2D eigenvalue weighted by Crippen LogP contribution is 2.23. The Morgan fingerprint density at radius 2 is 2.40 bits per heavy atom. The van der Waals surface area contributed by atoms with Gasteiger partial charge in [-0.2, -0.15) is 0 Å². The zero-order chi connectivity index (χ0) is 10.7. The van der Waals surface area contributed by atoms with Crippen LogP contribution in [0.25, 0.3) is 0 Å². The molecule has 2 heterocycles. The second-order valence-electron chi connectivity index (χ2n) is 4.38. The van der Waals surface area contributed by atoms with Crippen molar-refractivity contribution in [1.82, 2.24) is 10.3 Å². The molecule has 84 valence electrons. The monoisotopic (exact) mass is 224 g/mol. The summed E-state index contributed by atoms with van der Waals surface area (Å²) in [5.74, 6) is 0.809. The Bertz CT molecular complexity index is 313. The first-order valence-electron chi connectivity index (χ1n) is 5.95. The van der Waals surface area contributed by atoms with Crippen molar-refractivity contribution in [3.05, 3.63) is 15.6 Å². The Morgan fingerprint density at radius 1 is 1.53 bits per heavy atom. The van der Waals surface area contributed by atoms with E-state index in [1.807, 2.05) is 11.3 Å². The highest BCUT2D eigenvalue weighted by Gasteiger charge is 2.16. The smallest absolute Gasteiger partial charge is 0.0928 e. The predicted molar refractivity (Wildman–Crippen MR) is 65.5 cm³/mol. The van der Waals surface area contributed by atoms with Crippen LogP contribution in [0.15, 0.2) is 0 Å². The van der Waals surface area contributed by atoms with E-state index in [9.17, 15) is 0 Å². The minimum absolute atomic E-state index is 0.809. The summed E-state index contributed by atoms with van der Waals surface area (Å²) in [5.41, 5.74) is 1.35. The van der Waals surface area contributed by atoms with E-state index in [0.717, 1.165) is 12.3 Å². The Hall–Kier alpha value is -0.410. The summed E-state index contributed by atoms with van der Waals surface area (Å²) in [4.78, 5) is 6.14. The molecule has 0 aromatic carbocycles. The van der Waals surface area contributed by atoms with Gasteiger partial charge in [-0.15, -0.1) is 11.3 Å². The lowest BCUT2D eigenvalue weighted by atomic mass is 9.94. The summed E-state index contributed by atoms with van der Waals surface area (Å²) in [5, 5.41) is 4.77. The Morgan fingerprint density at radius 3 is 3.00 bits per heavy atom. The number of hydrogen-bond donors (Lipinski definition) is 1.